The number of piperidine rings is 1. The number of carbonyl (C=O) groups excluding carboxylic acids is 2. The van der Waals surface area contributed by atoms with Crippen LogP contribution in [-0.4, -0.2) is 50.2 Å². The van der Waals surface area contributed by atoms with Gasteiger partial charge in [0.15, 0.2) is 10.9 Å². The van der Waals surface area contributed by atoms with Crippen molar-refractivity contribution in [3.05, 3.63) is 42.2 Å². The fraction of sp³-hybridized carbons (Fsp3) is 0.474. The lowest BCUT2D eigenvalue weighted by atomic mass is 9.89. The van der Waals surface area contributed by atoms with Crippen LogP contribution in [0.3, 0.4) is 0 Å². The lowest BCUT2D eigenvalue weighted by molar-refractivity contribution is -0.129. The normalized spacial score (nSPS) is 15.4. The molecular weight excluding hydrogens is 348 g/mol. The van der Waals surface area contributed by atoms with Gasteiger partial charge in [-0.15, -0.1) is 10.2 Å². The van der Waals surface area contributed by atoms with Gasteiger partial charge in [-0.3, -0.25) is 9.59 Å². The first-order valence-corrected chi connectivity index (χ1v) is 9.94. The Morgan fingerprint density at radius 2 is 1.88 bits per heavy atom. The monoisotopic (exact) mass is 372 g/mol. The Kier molecular flexibility index (Phi) is 6.08. The van der Waals surface area contributed by atoms with Crippen molar-refractivity contribution in [2.75, 3.05) is 18.8 Å². The molecule has 3 rings (SSSR count). The summed E-state index contributed by atoms with van der Waals surface area (Å²) in [4.78, 5) is 26.9. The van der Waals surface area contributed by atoms with E-state index >= 15 is 0 Å². The number of Topliss-reactive ketones (excluding diaryl/α,β-unsaturated/α-hetero) is 1. The first kappa shape index (κ1) is 18.6. The Hall–Kier alpha value is -2.15. The van der Waals surface area contributed by atoms with Gasteiger partial charge in [-0.2, -0.15) is 0 Å². The third kappa shape index (κ3) is 4.33. The maximum absolute atomic E-state index is 12.5. The molecule has 0 radical (unpaired) electrons. The number of thioether (sulfide) groups is 1. The van der Waals surface area contributed by atoms with Crippen molar-refractivity contribution in [1.29, 1.82) is 0 Å². The van der Waals surface area contributed by atoms with Crippen LogP contribution in [0.2, 0.25) is 0 Å². The molecule has 0 saturated carbocycles. The maximum Gasteiger partial charge on any atom is 0.233 e. The molecule has 1 fully saturated rings. The number of hydrogen-bond acceptors (Lipinski definition) is 5. The van der Waals surface area contributed by atoms with Gasteiger partial charge < -0.3 is 9.47 Å². The van der Waals surface area contributed by atoms with Crippen molar-refractivity contribution in [2.45, 2.75) is 37.9 Å². The van der Waals surface area contributed by atoms with Crippen LogP contribution >= 0.6 is 11.8 Å². The van der Waals surface area contributed by atoms with E-state index in [4.69, 9.17) is 0 Å². The zero-order valence-corrected chi connectivity index (χ0v) is 16.0. The molecule has 1 aromatic carbocycles. The lowest BCUT2D eigenvalue weighted by Crippen LogP contribution is -2.41. The summed E-state index contributed by atoms with van der Waals surface area (Å²) in [6.45, 7) is 5.40. The third-order valence-electron chi connectivity index (χ3n) is 4.70. The molecule has 2 heterocycles. The molecule has 1 aromatic heterocycles. The highest BCUT2D eigenvalue weighted by Crippen LogP contribution is 2.24. The van der Waals surface area contributed by atoms with Gasteiger partial charge in [0.1, 0.15) is 6.33 Å². The van der Waals surface area contributed by atoms with Gasteiger partial charge >= 0.3 is 0 Å². The van der Waals surface area contributed by atoms with Crippen LogP contribution in [0.5, 0.6) is 0 Å². The van der Waals surface area contributed by atoms with Crippen LogP contribution in [0, 0.1) is 5.92 Å². The Labute approximate surface area is 158 Å². The van der Waals surface area contributed by atoms with E-state index in [2.05, 4.69) is 24.0 Å². The summed E-state index contributed by atoms with van der Waals surface area (Å²) in [5, 5.41) is 8.77. The molecule has 1 saturated heterocycles. The van der Waals surface area contributed by atoms with Crippen LogP contribution in [0.25, 0.3) is 0 Å². The molecule has 0 aliphatic carbocycles. The number of likely N-dealkylation sites (tertiary alicyclic amines) is 1. The van der Waals surface area contributed by atoms with E-state index in [9.17, 15) is 9.59 Å². The van der Waals surface area contributed by atoms with Gasteiger partial charge in [-0.05, 0) is 26.7 Å². The second-order valence-corrected chi connectivity index (χ2v) is 7.73. The highest BCUT2D eigenvalue weighted by atomic mass is 32.2. The minimum atomic E-state index is 0.0122. The number of amides is 1. The van der Waals surface area contributed by atoms with E-state index in [0.29, 0.717) is 18.8 Å². The summed E-state index contributed by atoms with van der Waals surface area (Å²) in [5.41, 5.74) is 0.765. The molecule has 26 heavy (non-hydrogen) atoms. The lowest BCUT2D eigenvalue weighted by Gasteiger charge is -2.31. The van der Waals surface area contributed by atoms with E-state index in [1.54, 1.807) is 6.33 Å². The SMILES string of the molecule is CC(C)n1cnnc1SCC(=O)N1CCC(C(=O)c2ccccc2)CC1. The van der Waals surface area contributed by atoms with Gasteiger partial charge in [0, 0.05) is 30.6 Å². The summed E-state index contributed by atoms with van der Waals surface area (Å²) in [5.74, 6) is 0.650. The molecule has 0 bridgehead atoms. The van der Waals surface area contributed by atoms with E-state index in [1.807, 2.05) is 39.8 Å². The van der Waals surface area contributed by atoms with E-state index in [1.165, 1.54) is 11.8 Å². The summed E-state index contributed by atoms with van der Waals surface area (Å²) in [7, 11) is 0. The molecule has 1 aliphatic rings. The van der Waals surface area contributed by atoms with Crippen LogP contribution < -0.4 is 0 Å². The summed E-state index contributed by atoms with van der Waals surface area (Å²) in [6.07, 6.45) is 3.15. The minimum Gasteiger partial charge on any atom is -0.342 e. The quantitative estimate of drug-likeness (QED) is 0.576. The van der Waals surface area contributed by atoms with E-state index in [-0.39, 0.29) is 23.7 Å². The average molecular weight is 372 g/mol. The predicted octanol–water partition coefficient (Wildman–Crippen LogP) is 3.07. The molecule has 0 N–H and O–H groups in total. The fourth-order valence-corrected chi connectivity index (χ4v) is 4.08. The van der Waals surface area contributed by atoms with Gasteiger partial charge in [0.05, 0.1) is 5.75 Å². The average Bonchev–Trinajstić information content (AvgIpc) is 3.15. The second-order valence-electron chi connectivity index (χ2n) is 6.79. The second kappa shape index (κ2) is 8.49. The number of ketones is 1. The highest BCUT2D eigenvalue weighted by Gasteiger charge is 2.28. The van der Waals surface area contributed by atoms with Crippen LogP contribution in [0.1, 0.15) is 43.1 Å². The summed E-state index contributed by atoms with van der Waals surface area (Å²) in [6, 6.07) is 9.68. The Bertz CT molecular complexity index is 752. The van der Waals surface area contributed by atoms with E-state index < -0.39 is 0 Å². The van der Waals surface area contributed by atoms with Crippen molar-refractivity contribution in [3.8, 4) is 0 Å². The van der Waals surface area contributed by atoms with Crippen molar-refractivity contribution in [1.82, 2.24) is 19.7 Å². The number of benzene rings is 1. The molecule has 1 aliphatic heterocycles. The Balaban J connectivity index is 1.49. The molecule has 138 valence electrons. The molecule has 1 amide bonds. The zero-order chi connectivity index (χ0) is 18.5. The Morgan fingerprint density at radius 3 is 2.54 bits per heavy atom. The Morgan fingerprint density at radius 1 is 1.19 bits per heavy atom. The molecule has 6 nitrogen and oxygen atoms in total. The van der Waals surface area contributed by atoms with Crippen molar-refractivity contribution in [3.63, 3.8) is 0 Å². The van der Waals surface area contributed by atoms with Gasteiger partial charge in [0.25, 0.3) is 0 Å². The number of aromatic nitrogens is 3. The number of nitrogens with zero attached hydrogens (tertiary/aromatic N) is 4. The largest absolute Gasteiger partial charge is 0.342 e. The van der Waals surface area contributed by atoms with Crippen molar-refractivity contribution >= 4 is 23.5 Å². The van der Waals surface area contributed by atoms with Crippen LogP contribution in [0.15, 0.2) is 41.8 Å². The van der Waals surface area contributed by atoms with Gasteiger partial charge in [0.2, 0.25) is 5.91 Å². The molecule has 2 aromatic rings. The van der Waals surface area contributed by atoms with E-state index in [0.717, 1.165) is 23.6 Å². The van der Waals surface area contributed by atoms with Crippen molar-refractivity contribution in [2.24, 2.45) is 5.92 Å². The fourth-order valence-electron chi connectivity index (χ4n) is 3.14. The minimum absolute atomic E-state index is 0.0122. The van der Waals surface area contributed by atoms with Crippen LogP contribution in [-0.2, 0) is 4.79 Å². The summed E-state index contributed by atoms with van der Waals surface area (Å²) < 4.78 is 1.96. The number of hydrogen-bond donors (Lipinski definition) is 0. The number of rotatable bonds is 6. The first-order valence-electron chi connectivity index (χ1n) is 8.95. The third-order valence-corrected chi connectivity index (χ3v) is 5.64. The smallest absolute Gasteiger partial charge is 0.233 e. The maximum atomic E-state index is 12.5. The standard InChI is InChI=1S/C19H24N4O2S/c1-14(2)23-13-20-21-19(23)26-12-17(24)22-10-8-16(9-11-22)18(25)15-6-4-3-5-7-15/h3-7,13-14,16H,8-12H2,1-2H3. The van der Waals surface area contributed by atoms with Gasteiger partial charge in [-0.25, -0.2) is 0 Å². The predicted molar refractivity (Wildman–Crippen MR) is 101 cm³/mol. The molecule has 7 heteroatoms. The molecule has 0 unspecified atom stereocenters. The molecule has 0 atom stereocenters. The summed E-state index contributed by atoms with van der Waals surface area (Å²) >= 11 is 1.42. The topological polar surface area (TPSA) is 68.1 Å². The highest BCUT2D eigenvalue weighted by molar-refractivity contribution is 7.99. The van der Waals surface area contributed by atoms with Gasteiger partial charge in [-0.1, -0.05) is 42.1 Å². The molecule has 0 spiro atoms. The molecular formula is C19H24N4O2S. The van der Waals surface area contributed by atoms with Crippen molar-refractivity contribution < 1.29 is 9.59 Å². The first-order chi connectivity index (χ1) is 12.6. The van der Waals surface area contributed by atoms with Crippen LogP contribution in [0.4, 0.5) is 0 Å². The number of carbonyl (C=O) groups is 2. The zero-order valence-electron chi connectivity index (χ0n) is 15.2.